The Bertz CT molecular complexity index is 250. The molecule has 0 fully saturated rings. The number of aliphatic hydroxyl groups is 1. The second kappa shape index (κ2) is 6.28. The number of rotatable bonds is 7. The lowest BCUT2D eigenvalue weighted by atomic mass is 9.90. The predicted octanol–water partition coefficient (Wildman–Crippen LogP) is 2.41. The van der Waals surface area contributed by atoms with Crippen molar-refractivity contribution in [1.82, 2.24) is 0 Å². The van der Waals surface area contributed by atoms with Gasteiger partial charge in [-0.1, -0.05) is 6.92 Å². The van der Waals surface area contributed by atoms with Crippen molar-refractivity contribution in [2.45, 2.75) is 52.2 Å². The third-order valence-corrected chi connectivity index (χ3v) is 2.91. The highest BCUT2D eigenvalue weighted by Gasteiger charge is 2.33. The van der Waals surface area contributed by atoms with Crippen LogP contribution in [0.15, 0.2) is 0 Å². The summed E-state index contributed by atoms with van der Waals surface area (Å²) in [5.41, 5.74) is -2.67. The Hall–Kier alpha value is -0.710. The van der Waals surface area contributed by atoms with Gasteiger partial charge in [0.2, 0.25) is 0 Å². The van der Waals surface area contributed by atoms with Crippen LogP contribution in [0.4, 0.5) is 8.78 Å². The maximum atomic E-state index is 12.4. The lowest BCUT2D eigenvalue weighted by Crippen LogP contribution is -2.39. The number of alkyl halides is 2. The van der Waals surface area contributed by atoms with Crippen LogP contribution in [-0.2, 0) is 9.53 Å². The topological polar surface area (TPSA) is 46.5 Å². The van der Waals surface area contributed by atoms with Crippen molar-refractivity contribution in [3.05, 3.63) is 0 Å². The Labute approximate surface area is 101 Å². The van der Waals surface area contributed by atoms with Crippen molar-refractivity contribution in [1.29, 1.82) is 0 Å². The summed E-state index contributed by atoms with van der Waals surface area (Å²) in [6.45, 7) is 4.45. The summed E-state index contributed by atoms with van der Waals surface area (Å²) < 4.78 is 29.9. The standard InChI is InChI=1S/C12H22F2O3/c1-5-11(3,4)10(15)17-9(2)6-12(16,7-13)8-14/h9,16H,5-8H2,1-4H3. The van der Waals surface area contributed by atoms with Crippen LogP contribution in [0, 0.1) is 5.41 Å². The van der Waals surface area contributed by atoms with E-state index in [9.17, 15) is 18.7 Å². The Morgan fingerprint density at radius 1 is 1.35 bits per heavy atom. The first-order valence-electron chi connectivity index (χ1n) is 5.76. The molecule has 0 saturated heterocycles. The number of hydrogen-bond donors (Lipinski definition) is 1. The van der Waals surface area contributed by atoms with E-state index in [1.165, 1.54) is 6.92 Å². The van der Waals surface area contributed by atoms with Crippen LogP contribution in [0.25, 0.3) is 0 Å². The lowest BCUT2D eigenvalue weighted by Gasteiger charge is -2.28. The minimum Gasteiger partial charge on any atom is -0.462 e. The predicted molar refractivity (Wildman–Crippen MR) is 61.1 cm³/mol. The molecule has 1 atom stereocenters. The molecule has 0 saturated carbocycles. The highest BCUT2D eigenvalue weighted by molar-refractivity contribution is 5.75. The zero-order valence-electron chi connectivity index (χ0n) is 10.9. The molecule has 0 aromatic rings. The van der Waals surface area contributed by atoms with Crippen LogP contribution in [0.2, 0.25) is 0 Å². The summed E-state index contributed by atoms with van der Waals surface area (Å²) in [6.07, 6.45) is -0.356. The van der Waals surface area contributed by atoms with E-state index in [4.69, 9.17) is 4.74 Å². The molecular formula is C12H22F2O3. The fourth-order valence-electron chi connectivity index (χ4n) is 1.21. The second-order valence-corrected chi connectivity index (χ2v) is 5.15. The van der Waals surface area contributed by atoms with Crippen molar-refractivity contribution in [3.63, 3.8) is 0 Å². The number of hydrogen-bond acceptors (Lipinski definition) is 3. The van der Waals surface area contributed by atoms with Gasteiger partial charge in [0, 0.05) is 6.42 Å². The number of esters is 1. The van der Waals surface area contributed by atoms with Gasteiger partial charge in [-0.2, -0.15) is 0 Å². The average Bonchev–Trinajstić information content (AvgIpc) is 2.28. The minimum absolute atomic E-state index is 0.245. The average molecular weight is 252 g/mol. The van der Waals surface area contributed by atoms with Crippen LogP contribution in [0.1, 0.15) is 40.5 Å². The third kappa shape index (κ3) is 4.98. The van der Waals surface area contributed by atoms with Crippen LogP contribution < -0.4 is 0 Å². The van der Waals surface area contributed by atoms with Gasteiger partial charge in [0.1, 0.15) is 25.1 Å². The fraction of sp³-hybridized carbons (Fsp3) is 0.917. The highest BCUT2D eigenvalue weighted by atomic mass is 19.1. The van der Waals surface area contributed by atoms with E-state index in [1.54, 1.807) is 13.8 Å². The van der Waals surface area contributed by atoms with E-state index in [-0.39, 0.29) is 6.42 Å². The van der Waals surface area contributed by atoms with E-state index in [2.05, 4.69) is 0 Å². The molecule has 17 heavy (non-hydrogen) atoms. The molecule has 0 aromatic heterocycles. The molecule has 0 aromatic carbocycles. The Balaban J connectivity index is 4.37. The van der Waals surface area contributed by atoms with Gasteiger partial charge in [-0.3, -0.25) is 4.79 Å². The van der Waals surface area contributed by atoms with Crippen molar-refractivity contribution < 1.29 is 23.4 Å². The monoisotopic (exact) mass is 252 g/mol. The van der Waals surface area contributed by atoms with E-state index in [0.717, 1.165) is 0 Å². The number of carbonyl (C=O) groups excluding carboxylic acids is 1. The van der Waals surface area contributed by atoms with Crippen LogP contribution in [0.5, 0.6) is 0 Å². The van der Waals surface area contributed by atoms with Gasteiger partial charge in [0.15, 0.2) is 0 Å². The molecular weight excluding hydrogens is 230 g/mol. The van der Waals surface area contributed by atoms with E-state index in [1.807, 2.05) is 6.92 Å². The third-order valence-electron chi connectivity index (χ3n) is 2.91. The van der Waals surface area contributed by atoms with E-state index in [0.29, 0.717) is 6.42 Å². The van der Waals surface area contributed by atoms with Gasteiger partial charge in [0.25, 0.3) is 0 Å². The van der Waals surface area contributed by atoms with Gasteiger partial charge in [0.05, 0.1) is 5.41 Å². The largest absolute Gasteiger partial charge is 0.462 e. The molecule has 0 spiro atoms. The van der Waals surface area contributed by atoms with Crippen LogP contribution >= 0.6 is 0 Å². The molecule has 102 valence electrons. The first-order chi connectivity index (χ1) is 7.70. The van der Waals surface area contributed by atoms with Gasteiger partial charge >= 0.3 is 5.97 Å². The summed E-state index contributed by atoms with van der Waals surface area (Å²) in [4.78, 5) is 11.7. The van der Waals surface area contributed by atoms with Gasteiger partial charge in [-0.05, 0) is 27.2 Å². The molecule has 1 unspecified atom stereocenters. The lowest BCUT2D eigenvalue weighted by molar-refractivity contribution is -0.162. The van der Waals surface area contributed by atoms with Crippen LogP contribution in [-0.4, -0.2) is 36.1 Å². The van der Waals surface area contributed by atoms with E-state index >= 15 is 0 Å². The molecule has 0 radical (unpaired) electrons. The number of ether oxygens (including phenoxy) is 1. The molecule has 0 bridgehead atoms. The summed E-state index contributed by atoms with van der Waals surface area (Å²) in [7, 11) is 0. The SMILES string of the molecule is CCC(C)(C)C(=O)OC(C)CC(O)(CF)CF. The zero-order valence-corrected chi connectivity index (χ0v) is 10.9. The molecule has 1 N–H and O–H groups in total. The summed E-state index contributed by atoms with van der Waals surface area (Å²) in [5.74, 6) is -0.424. The van der Waals surface area contributed by atoms with Crippen molar-refractivity contribution >= 4 is 5.97 Å². The maximum absolute atomic E-state index is 12.4. The molecule has 0 amide bonds. The summed E-state index contributed by atoms with van der Waals surface area (Å²) in [6, 6.07) is 0. The normalized spacial score (nSPS) is 14.5. The molecule has 0 heterocycles. The maximum Gasteiger partial charge on any atom is 0.311 e. The van der Waals surface area contributed by atoms with Gasteiger partial charge < -0.3 is 9.84 Å². The molecule has 0 rings (SSSR count). The molecule has 3 nitrogen and oxygen atoms in total. The second-order valence-electron chi connectivity index (χ2n) is 5.15. The molecule has 0 aliphatic carbocycles. The smallest absolute Gasteiger partial charge is 0.311 e. The van der Waals surface area contributed by atoms with Crippen molar-refractivity contribution in [2.75, 3.05) is 13.3 Å². The van der Waals surface area contributed by atoms with Gasteiger partial charge in [-0.25, -0.2) is 8.78 Å². The summed E-state index contributed by atoms with van der Waals surface area (Å²) in [5, 5.41) is 9.43. The van der Waals surface area contributed by atoms with Gasteiger partial charge in [-0.15, -0.1) is 0 Å². The quantitative estimate of drug-likeness (QED) is 0.708. The Morgan fingerprint density at radius 2 is 1.82 bits per heavy atom. The summed E-state index contributed by atoms with van der Waals surface area (Å²) >= 11 is 0. The minimum atomic E-state index is -2.05. The van der Waals surface area contributed by atoms with Crippen molar-refractivity contribution in [3.8, 4) is 0 Å². The first kappa shape index (κ1) is 16.3. The Morgan fingerprint density at radius 3 is 2.18 bits per heavy atom. The fourth-order valence-corrected chi connectivity index (χ4v) is 1.21. The molecule has 0 aliphatic heterocycles. The highest BCUT2D eigenvalue weighted by Crippen LogP contribution is 2.24. The first-order valence-corrected chi connectivity index (χ1v) is 5.76. The Kier molecular flexibility index (Phi) is 6.02. The molecule has 5 heteroatoms. The number of carbonyl (C=O) groups is 1. The van der Waals surface area contributed by atoms with Crippen molar-refractivity contribution in [2.24, 2.45) is 5.41 Å². The molecule has 0 aliphatic rings. The van der Waals surface area contributed by atoms with E-state index < -0.39 is 36.4 Å². The van der Waals surface area contributed by atoms with Crippen LogP contribution in [0.3, 0.4) is 0 Å². The zero-order chi connectivity index (χ0) is 13.7. The number of halogens is 2.